The van der Waals surface area contributed by atoms with E-state index < -0.39 is 11.1 Å². The van der Waals surface area contributed by atoms with Gasteiger partial charge in [-0.05, 0) is 47.8 Å². The first-order valence-electron chi connectivity index (χ1n) is 7.42. The maximum atomic E-state index is 13.8. The van der Waals surface area contributed by atoms with Crippen molar-refractivity contribution in [2.45, 2.75) is 56.8 Å². The maximum Gasteiger partial charge on any atom is 0.319 e. The van der Waals surface area contributed by atoms with Crippen LogP contribution in [0.15, 0.2) is 21.5 Å². The van der Waals surface area contributed by atoms with Gasteiger partial charge in [0.15, 0.2) is 0 Å². The number of carbonyl (C=O) groups excluding carboxylic acids is 2. The highest BCUT2D eigenvalue weighted by atomic mass is 79.9. The molecule has 0 aliphatic rings. The lowest BCUT2D eigenvalue weighted by Crippen LogP contribution is -2.24. The standard InChI is InChI=1S/C16H21BrFNO3S/c1-5-9(3)22-16(21)14(6-2)23-15-8-13(19-10(4)20)12(18)7-11(15)17/h7-9,14H,5-6H2,1-4H3,(H,19,20). The van der Waals surface area contributed by atoms with Gasteiger partial charge in [0, 0.05) is 16.3 Å². The highest BCUT2D eigenvalue weighted by Gasteiger charge is 2.23. The zero-order valence-corrected chi connectivity index (χ0v) is 16.0. The van der Waals surface area contributed by atoms with Crippen LogP contribution in [-0.2, 0) is 14.3 Å². The van der Waals surface area contributed by atoms with Crippen LogP contribution < -0.4 is 5.32 Å². The minimum absolute atomic E-state index is 0.0911. The zero-order valence-electron chi connectivity index (χ0n) is 13.6. The van der Waals surface area contributed by atoms with Gasteiger partial charge in [0.25, 0.3) is 0 Å². The Morgan fingerprint density at radius 2 is 2.00 bits per heavy atom. The van der Waals surface area contributed by atoms with E-state index in [-0.39, 0.29) is 23.7 Å². The van der Waals surface area contributed by atoms with Crippen molar-refractivity contribution in [2.24, 2.45) is 0 Å². The number of anilines is 1. The van der Waals surface area contributed by atoms with Crippen molar-refractivity contribution in [1.29, 1.82) is 0 Å². The molecule has 0 bridgehead atoms. The third-order valence-corrected chi connectivity index (χ3v) is 5.45. The van der Waals surface area contributed by atoms with Crippen LogP contribution in [0.25, 0.3) is 0 Å². The van der Waals surface area contributed by atoms with Gasteiger partial charge in [-0.2, -0.15) is 0 Å². The zero-order chi connectivity index (χ0) is 17.6. The van der Waals surface area contributed by atoms with Crippen molar-refractivity contribution in [2.75, 3.05) is 5.32 Å². The molecule has 7 heteroatoms. The van der Waals surface area contributed by atoms with E-state index in [0.29, 0.717) is 15.8 Å². The second-order valence-corrected chi connectivity index (χ2v) is 7.21. The third-order valence-electron chi connectivity index (χ3n) is 3.13. The lowest BCUT2D eigenvalue weighted by molar-refractivity contribution is -0.147. The Bertz CT molecular complexity index is 583. The monoisotopic (exact) mass is 405 g/mol. The molecule has 0 aliphatic carbocycles. The molecule has 1 amide bonds. The fraction of sp³-hybridized carbons (Fsp3) is 0.500. The second-order valence-electron chi connectivity index (χ2n) is 5.11. The molecule has 0 spiro atoms. The SMILES string of the molecule is CCC(C)OC(=O)C(CC)Sc1cc(NC(C)=O)c(F)cc1Br. The third kappa shape index (κ3) is 6.14. The number of amides is 1. The largest absolute Gasteiger partial charge is 0.462 e. The summed E-state index contributed by atoms with van der Waals surface area (Å²) in [5.74, 6) is -1.18. The van der Waals surface area contributed by atoms with Crippen LogP contribution in [0, 0.1) is 5.82 Å². The van der Waals surface area contributed by atoms with Gasteiger partial charge in [-0.15, -0.1) is 11.8 Å². The summed E-state index contributed by atoms with van der Waals surface area (Å²) < 4.78 is 19.7. The predicted octanol–water partition coefficient (Wildman–Crippen LogP) is 4.76. The molecule has 0 saturated carbocycles. The van der Waals surface area contributed by atoms with E-state index in [0.717, 1.165) is 6.42 Å². The molecule has 0 fully saturated rings. The molecular weight excluding hydrogens is 385 g/mol. The van der Waals surface area contributed by atoms with Gasteiger partial charge in [0.1, 0.15) is 11.1 Å². The number of nitrogens with one attached hydrogen (secondary N) is 1. The summed E-state index contributed by atoms with van der Waals surface area (Å²) in [6, 6.07) is 2.80. The number of halogens is 2. The first-order valence-corrected chi connectivity index (χ1v) is 9.09. The number of rotatable bonds is 7. The highest BCUT2D eigenvalue weighted by molar-refractivity contribution is 9.10. The Morgan fingerprint density at radius 3 is 2.52 bits per heavy atom. The Kier molecular flexibility index (Phi) is 8.05. The highest BCUT2D eigenvalue weighted by Crippen LogP contribution is 2.36. The molecule has 1 rings (SSSR count). The van der Waals surface area contributed by atoms with Crippen LogP contribution in [0.3, 0.4) is 0 Å². The molecule has 0 saturated heterocycles. The smallest absolute Gasteiger partial charge is 0.319 e. The van der Waals surface area contributed by atoms with Crippen molar-refractivity contribution in [3.05, 3.63) is 22.4 Å². The summed E-state index contributed by atoms with van der Waals surface area (Å²) in [6.45, 7) is 6.99. The molecule has 128 valence electrons. The molecule has 0 heterocycles. The molecule has 1 N–H and O–H groups in total. The number of esters is 1. The number of carbonyl (C=O) groups is 2. The minimum atomic E-state index is -0.536. The summed E-state index contributed by atoms with van der Waals surface area (Å²) >= 11 is 4.58. The van der Waals surface area contributed by atoms with E-state index in [1.807, 2.05) is 20.8 Å². The fourth-order valence-corrected chi connectivity index (χ4v) is 3.29. The lowest BCUT2D eigenvalue weighted by atomic mass is 10.3. The van der Waals surface area contributed by atoms with Gasteiger partial charge in [-0.1, -0.05) is 13.8 Å². The first-order chi connectivity index (χ1) is 10.8. The Labute approximate surface area is 148 Å². The summed E-state index contributed by atoms with van der Waals surface area (Å²) in [4.78, 5) is 24.0. The van der Waals surface area contributed by atoms with Crippen LogP contribution in [0.4, 0.5) is 10.1 Å². The number of hydrogen-bond acceptors (Lipinski definition) is 4. The first kappa shape index (κ1) is 20.0. The van der Waals surface area contributed by atoms with Gasteiger partial charge in [-0.25, -0.2) is 4.39 Å². The molecule has 2 atom stereocenters. The molecule has 1 aromatic carbocycles. The van der Waals surface area contributed by atoms with E-state index >= 15 is 0 Å². The fourth-order valence-electron chi connectivity index (χ4n) is 1.71. The van der Waals surface area contributed by atoms with Gasteiger partial charge < -0.3 is 10.1 Å². The molecule has 0 radical (unpaired) electrons. The molecule has 0 aromatic heterocycles. The van der Waals surface area contributed by atoms with Crippen LogP contribution in [0.1, 0.15) is 40.5 Å². The quantitative estimate of drug-likeness (QED) is 0.524. The Balaban J connectivity index is 2.96. The van der Waals surface area contributed by atoms with Crippen LogP contribution in [0.5, 0.6) is 0 Å². The van der Waals surface area contributed by atoms with E-state index in [1.165, 1.54) is 30.8 Å². The molecule has 1 aromatic rings. The number of hydrogen-bond donors (Lipinski definition) is 1. The summed E-state index contributed by atoms with van der Waals surface area (Å²) in [5.41, 5.74) is 0.0911. The molecule has 23 heavy (non-hydrogen) atoms. The van der Waals surface area contributed by atoms with Gasteiger partial charge in [-0.3, -0.25) is 9.59 Å². The number of ether oxygens (including phenoxy) is 1. The molecule has 2 unspecified atom stereocenters. The molecule has 4 nitrogen and oxygen atoms in total. The normalized spacial score (nSPS) is 13.3. The van der Waals surface area contributed by atoms with Gasteiger partial charge in [0.2, 0.25) is 5.91 Å². The Hall–Kier alpha value is -1.08. The predicted molar refractivity (Wildman–Crippen MR) is 94.2 cm³/mol. The summed E-state index contributed by atoms with van der Waals surface area (Å²) in [6.07, 6.45) is 1.20. The summed E-state index contributed by atoms with van der Waals surface area (Å²) in [5, 5.41) is 2.05. The Morgan fingerprint density at radius 1 is 1.35 bits per heavy atom. The minimum Gasteiger partial charge on any atom is -0.462 e. The van der Waals surface area contributed by atoms with E-state index in [9.17, 15) is 14.0 Å². The average molecular weight is 406 g/mol. The van der Waals surface area contributed by atoms with Crippen molar-refractivity contribution in [3.63, 3.8) is 0 Å². The number of benzene rings is 1. The average Bonchev–Trinajstić information content (AvgIpc) is 2.48. The van der Waals surface area contributed by atoms with Crippen LogP contribution >= 0.6 is 27.7 Å². The lowest BCUT2D eigenvalue weighted by Gasteiger charge is -2.18. The van der Waals surface area contributed by atoms with E-state index in [4.69, 9.17) is 4.74 Å². The maximum absolute atomic E-state index is 13.8. The second kappa shape index (κ2) is 9.27. The molecular formula is C16H21BrFNO3S. The topological polar surface area (TPSA) is 55.4 Å². The van der Waals surface area contributed by atoms with Crippen molar-refractivity contribution in [1.82, 2.24) is 0 Å². The number of thioether (sulfide) groups is 1. The summed E-state index contributed by atoms with van der Waals surface area (Å²) in [7, 11) is 0. The van der Waals surface area contributed by atoms with Crippen molar-refractivity contribution >= 4 is 45.3 Å². The van der Waals surface area contributed by atoms with E-state index in [1.54, 1.807) is 0 Å². The van der Waals surface area contributed by atoms with Gasteiger partial charge >= 0.3 is 5.97 Å². The van der Waals surface area contributed by atoms with Crippen molar-refractivity contribution < 1.29 is 18.7 Å². The molecule has 0 aliphatic heterocycles. The van der Waals surface area contributed by atoms with Crippen molar-refractivity contribution in [3.8, 4) is 0 Å². The van der Waals surface area contributed by atoms with E-state index in [2.05, 4.69) is 21.2 Å². The van der Waals surface area contributed by atoms with Crippen LogP contribution in [-0.4, -0.2) is 23.2 Å². The van der Waals surface area contributed by atoms with Crippen LogP contribution in [0.2, 0.25) is 0 Å². The van der Waals surface area contributed by atoms with Gasteiger partial charge in [0.05, 0.1) is 11.8 Å².